The Hall–Kier alpha value is -1.43. The summed E-state index contributed by atoms with van der Waals surface area (Å²) < 4.78 is 5.11. The zero-order chi connectivity index (χ0) is 10.8. The maximum atomic E-state index is 10.9. The minimum Gasteiger partial charge on any atom is -0.369 e. The van der Waals surface area contributed by atoms with Gasteiger partial charge in [0.15, 0.2) is 5.82 Å². The van der Waals surface area contributed by atoms with E-state index in [-0.39, 0.29) is 18.5 Å². The van der Waals surface area contributed by atoms with Crippen LogP contribution in [0.25, 0.3) is 0 Å². The van der Waals surface area contributed by atoms with Crippen molar-refractivity contribution in [2.75, 3.05) is 13.1 Å². The smallest absolute Gasteiger partial charge is 0.243 e. The van der Waals surface area contributed by atoms with Crippen LogP contribution in [0.3, 0.4) is 0 Å². The maximum Gasteiger partial charge on any atom is 0.243 e. The predicted molar refractivity (Wildman–Crippen MR) is 51.8 cm³/mol. The molecule has 1 saturated heterocycles. The van der Waals surface area contributed by atoms with Gasteiger partial charge in [-0.25, -0.2) is 0 Å². The molecule has 0 radical (unpaired) electrons. The number of likely N-dealkylation sites (tertiary alicyclic amines) is 1. The fraction of sp³-hybridized carbons (Fsp3) is 0.667. The lowest BCUT2D eigenvalue weighted by Crippen LogP contribution is -2.33. The number of aryl methyl sites for hydroxylation is 1. The predicted octanol–water partition coefficient (Wildman–Crippen LogP) is 0.000220. The number of hydrogen-bond donors (Lipinski definition) is 1. The average Bonchev–Trinajstić information content (AvgIpc) is 2.72. The summed E-state index contributed by atoms with van der Waals surface area (Å²) in [6.07, 6.45) is 1.97. The van der Waals surface area contributed by atoms with E-state index in [9.17, 15) is 4.79 Å². The van der Waals surface area contributed by atoms with Gasteiger partial charge in [-0.3, -0.25) is 9.69 Å². The number of carbonyl (C=O) groups excluding carboxylic acids is 1. The number of hydrogen-bond acceptors (Lipinski definition) is 5. The van der Waals surface area contributed by atoms with Crippen LogP contribution in [0.2, 0.25) is 0 Å². The van der Waals surface area contributed by atoms with Crippen molar-refractivity contribution in [2.45, 2.75) is 25.8 Å². The molecule has 6 nitrogen and oxygen atoms in total. The van der Waals surface area contributed by atoms with Gasteiger partial charge in [-0.1, -0.05) is 5.16 Å². The monoisotopic (exact) mass is 210 g/mol. The first-order valence-electron chi connectivity index (χ1n) is 4.99. The van der Waals surface area contributed by atoms with Crippen molar-refractivity contribution in [3.63, 3.8) is 0 Å². The fourth-order valence-electron chi connectivity index (χ4n) is 1.94. The molecular weight excluding hydrogens is 196 g/mol. The lowest BCUT2D eigenvalue weighted by molar-refractivity contribution is -0.119. The molecule has 1 aliphatic rings. The first kappa shape index (κ1) is 10.1. The number of carbonyl (C=O) groups is 1. The summed E-state index contributed by atoms with van der Waals surface area (Å²) in [4.78, 5) is 17.0. The molecule has 15 heavy (non-hydrogen) atoms. The minimum absolute atomic E-state index is 0.0544. The van der Waals surface area contributed by atoms with Crippen molar-refractivity contribution < 1.29 is 9.32 Å². The Morgan fingerprint density at radius 3 is 3.13 bits per heavy atom. The number of nitrogens with zero attached hydrogens (tertiary/aromatic N) is 3. The average molecular weight is 210 g/mol. The van der Waals surface area contributed by atoms with E-state index in [1.54, 1.807) is 6.92 Å². The lowest BCUT2D eigenvalue weighted by Gasteiger charge is -2.19. The molecule has 0 bridgehead atoms. The zero-order valence-corrected chi connectivity index (χ0v) is 8.64. The largest absolute Gasteiger partial charge is 0.369 e. The van der Waals surface area contributed by atoms with Crippen molar-refractivity contribution >= 4 is 5.91 Å². The summed E-state index contributed by atoms with van der Waals surface area (Å²) in [6, 6.07) is 0.0544. The number of nitrogens with two attached hydrogens (primary N) is 1. The summed E-state index contributed by atoms with van der Waals surface area (Å²) in [5, 5.41) is 3.75. The summed E-state index contributed by atoms with van der Waals surface area (Å²) in [7, 11) is 0. The molecule has 0 spiro atoms. The van der Waals surface area contributed by atoms with Crippen LogP contribution < -0.4 is 5.73 Å². The molecule has 1 atom stereocenters. The van der Waals surface area contributed by atoms with Crippen LogP contribution >= 0.6 is 0 Å². The van der Waals surface area contributed by atoms with E-state index < -0.39 is 0 Å². The quantitative estimate of drug-likeness (QED) is 0.759. The van der Waals surface area contributed by atoms with E-state index in [4.69, 9.17) is 10.3 Å². The van der Waals surface area contributed by atoms with Gasteiger partial charge in [-0.15, -0.1) is 0 Å². The first-order chi connectivity index (χ1) is 7.16. The summed E-state index contributed by atoms with van der Waals surface area (Å²) in [5.74, 6) is 0.889. The van der Waals surface area contributed by atoms with Gasteiger partial charge >= 0.3 is 0 Å². The second-order valence-corrected chi connectivity index (χ2v) is 3.77. The van der Waals surface area contributed by atoms with Gasteiger partial charge in [0.2, 0.25) is 11.8 Å². The van der Waals surface area contributed by atoms with Crippen molar-refractivity contribution in [1.82, 2.24) is 15.0 Å². The van der Waals surface area contributed by atoms with E-state index >= 15 is 0 Å². The topological polar surface area (TPSA) is 85.3 Å². The standard InChI is InChI=1S/C9H14N4O2/c1-6-11-9(15-12-6)7-3-2-4-13(7)5-8(10)14/h7H,2-5H2,1H3,(H2,10,14)/t7-/m0/s1. The highest BCUT2D eigenvalue weighted by Crippen LogP contribution is 2.30. The minimum atomic E-state index is -0.321. The van der Waals surface area contributed by atoms with E-state index in [0.29, 0.717) is 11.7 Å². The summed E-state index contributed by atoms with van der Waals surface area (Å²) >= 11 is 0. The van der Waals surface area contributed by atoms with Crippen LogP contribution in [-0.2, 0) is 4.79 Å². The van der Waals surface area contributed by atoms with Crippen LogP contribution in [0.1, 0.15) is 30.6 Å². The summed E-state index contributed by atoms with van der Waals surface area (Å²) in [6.45, 7) is 2.89. The third-order valence-electron chi connectivity index (χ3n) is 2.55. The number of aromatic nitrogens is 2. The molecule has 0 saturated carbocycles. The second-order valence-electron chi connectivity index (χ2n) is 3.77. The normalized spacial score (nSPS) is 22.1. The van der Waals surface area contributed by atoms with Gasteiger partial charge in [-0.2, -0.15) is 4.98 Å². The summed E-state index contributed by atoms with van der Waals surface area (Å²) in [5.41, 5.74) is 5.17. The van der Waals surface area contributed by atoms with Crippen LogP contribution in [-0.4, -0.2) is 34.0 Å². The van der Waals surface area contributed by atoms with Gasteiger partial charge in [0.1, 0.15) is 0 Å². The molecule has 1 amide bonds. The molecule has 1 fully saturated rings. The Bertz CT molecular complexity index is 363. The Labute approximate surface area is 87.4 Å². The van der Waals surface area contributed by atoms with E-state index in [1.165, 1.54) is 0 Å². The Morgan fingerprint density at radius 1 is 1.73 bits per heavy atom. The van der Waals surface area contributed by atoms with E-state index in [1.807, 2.05) is 4.90 Å². The molecule has 2 N–H and O–H groups in total. The molecule has 2 heterocycles. The third kappa shape index (κ3) is 2.15. The molecular formula is C9H14N4O2. The highest BCUT2D eigenvalue weighted by atomic mass is 16.5. The van der Waals surface area contributed by atoms with Crippen LogP contribution in [0.15, 0.2) is 4.52 Å². The van der Waals surface area contributed by atoms with Crippen LogP contribution in [0, 0.1) is 6.92 Å². The molecule has 1 aromatic heterocycles. The second kappa shape index (κ2) is 3.98. The fourth-order valence-corrected chi connectivity index (χ4v) is 1.94. The maximum absolute atomic E-state index is 10.9. The highest BCUT2D eigenvalue weighted by Gasteiger charge is 2.30. The molecule has 0 aliphatic carbocycles. The zero-order valence-electron chi connectivity index (χ0n) is 8.64. The molecule has 0 aromatic carbocycles. The van der Waals surface area contributed by atoms with Gasteiger partial charge in [0.25, 0.3) is 0 Å². The van der Waals surface area contributed by atoms with Gasteiger partial charge < -0.3 is 10.3 Å². The van der Waals surface area contributed by atoms with Crippen LogP contribution in [0.4, 0.5) is 0 Å². The molecule has 0 unspecified atom stereocenters. The number of rotatable bonds is 3. The molecule has 1 aliphatic heterocycles. The first-order valence-corrected chi connectivity index (χ1v) is 4.99. The Kier molecular flexibility index (Phi) is 2.68. The van der Waals surface area contributed by atoms with E-state index in [2.05, 4.69) is 10.1 Å². The number of amides is 1. The van der Waals surface area contributed by atoms with Gasteiger partial charge in [0.05, 0.1) is 12.6 Å². The molecule has 1 aromatic rings. The van der Waals surface area contributed by atoms with Crippen LogP contribution in [0.5, 0.6) is 0 Å². The van der Waals surface area contributed by atoms with Crippen molar-refractivity contribution in [2.24, 2.45) is 5.73 Å². The van der Waals surface area contributed by atoms with Gasteiger partial charge in [-0.05, 0) is 26.3 Å². The SMILES string of the molecule is Cc1noc([C@@H]2CCCN2CC(N)=O)n1. The molecule has 82 valence electrons. The van der Waals surface area contributed by atoms with Gasteiger partial charge in [0, 0.05) is 0 Å². The van der Waals surface area contributed by atoms with E-state index in [0.717, 1.165) is 19.4 Å². The Morgan fingerprint density at radius 2 is 2.53 bits per heavy atom. The van der Waals surface area contributed by atoms with Crippen molar-refractivity contribution in [1.29, 1.82) is 0 Å². The highest BCUT2D eigenvalue weighted by molar-refractivity contribution is 5.76. The molecule has 6 heteroatoms. The Balaban J connectivity index is 2.10. The lowest BCUT2D eigenvalue weighted by atomic mass is 10.2. The number of primary amides is 1. The van der Waals surface area contributed by atoms with Crippen molar-refractivity contribution in [3.05, 3.63) is 11.7 Å². The molecule has 2 rings (SSSR count). The van der Waals surface area contributed by atoms with Crippen molar-refractivity contribution in [3.8, 4) is 0 Å². The third-order valence-corrected chi connectivity index (χ3v) is 2.55.